The van der Waals surface area contributed by atoms with Gasteiger partial charge in [-0.05, 0) is 45.3 Å². The predicted octanol–water partition coefficient (Wildman–Crippen LogP) is 3.88. The third-order valence-electron chi connectivity index (χ3n) is 2.92. The summed E-state index contributed by atoms with van der Waals surface area (Å²) in [4.78, 5) is 13.1. The average Bonchev–Trinajstić information content (AvgIpc) is 2.38. The number of carboxylic acids is 1. The Balaban J connectivity index is 2.47. The van der Waals surface area contributed by atoms with Crippen molar-refractivity contribution >= 4 is 27.6 Å². The first-order chi connectivity index (χ1) is 9.00. The molecule has 19 heavy (non-hydrogen) atoms. The molecule has 0 aliphatic heterocycles. The highest BCUT2D eigenvalue weighted by atomic mass is 79.9. The van der Waals surface area contributed by atoms with E-state index in [1.54, 1.807) is 12.1 Å². The number of benzene rings is 2. The van der Waals surface area contributed by atoms with Gasteiger partial charge in [0.15, 0.2) is 0 Å². The van der Waals surface area contributed by atoms with E-state index in [1.165, 1.54) is 0 Å². The summed E-state index contributed by atoms with van der Waals surface area (Å²) in [5.74, 6) is -0.932. The topological polar surface area (TPSA) is 40.5 Å². The third-order valence-corrected chi connectivity index (χ3v) is 3.78. The number of anilines is 1. The Morgan fingerprint density at radius 1 is 1.11 bits per heavy atom. The van der Waals surface area contributed by atoms with E-state index in [2.05, 4.69) is 15.9 Å². The van der Waals surface area contributed by atoms with Crippen molar-refractivity contribution < 1.29 is 9.90 Å². The van der Waals surface area contributed by atoms with Gasteiger partial charge in [-0.25, -0.2) is 4.79 Å². The molecule has 3 nitrogen and oxygen atoms in total. The van der Waals surface area contributed by atoms with Gasteiger partial charge in [-0.2, -0.15) is 0 Å². The lowest BCUT2D eigenvalue weighted by Gasteiger charge is -2.13. The van der Waals surface area contributed by atoms with Crippen LogP contribution >= 0.6 is 15.9 Å². The molecule has 0 amide bonds. The summed E-state index contributed by atoms with van der Waals surface area (Å²) in [5, 5.41) is 9.12. The minimum absolute atomic E-state index is 0.272. The van der Waals surface area contributed by atoms with Crippen LogP contribution in [0.3, 0.4) is 0 Å². The Morgan fingerprint density at radius 2 is 1.74 bits per heavy atom. The highest BCUT2D eigenvalue weighted by molar-refractivity contribution is 9.10. The minimum Gasteiger partial charge on any atom is -0.478 e. The van der Waals surface area contributed by atoms with Gasteiger partial charge in [0.1, 0.15) is 0 Å². The highest BCUT2D eigenvalue weighted by Gasteiger charge is 2.12. The van der Waals surface area contributed by atoms with Crippen LogP contribution in [-0.4, -0.2) is 25.2 Å². The number of aromatic carboxylic acids is 1. The molecule has 0 atom stereocenters. The van der Waals surface area contributed by atoms with E-state index in [1.807, 2.05) is 49.3 Å². The van der Waals surface area contributed by atoms with Crippen molar-refractivity contribution in [1.82, 2.24) is 0 Å². The van der Waals surface area contributed by atoms with E-state index < -0.39 is 5.97 Å². The number of hydrogen-bond donors (Lipinski definition) is 1. The molecule has 0 radical (unpaired) electrons. The third kappa shape index (κ3) is 2.79. The Bertz CT molecular complexity index is 606. The summed E-state index contributed by atoms with van der Waals surface area (Å²) in [6.45, 7) is 0. The first kappa shape index (κ1) is 13.6. The van der Waals surface area contributed by atoms with Crippen molar-refractivity contribution in [2.75, 3.05) is 19.0 Å². The van der Waals surface area contributed by atoms with E-state index in [0.29, 0.717) is 4.47 Å². The molecule has 0 aromatic heterocycles. The van der Waals surface area contributed by atoms with Gasteiger partial charge >= 0.3 is 5.97 Å². The van der Waals surface area contributed by atoms with E-state index in [-0.39, 0.29) is 5.56 Å². The van der Waals surface area contributed by atoms with Gasteiger partial charge in [0.2, 0.25) is 0 Å². The first-order valence-electron chi connectivity index (χ1n) is 5.80. The number of rotatable bonds is 3. The molecule has 0 spiro atoms. The quantitative estimate of drug-likeness (QED) is 0.933. The number of hydrogen-bond acceptors (Lipinski definition) is 2. The van der Waals surface area contributed by atoms with Crippen LogP contribution in [0.25, 0.3) is 11.1 Å². The van der Waals surface area contributed by atoms with Crippen molar-refractivity contribution in [3.05, 3.63) is 52.5 Å². The lowest BCUT2D eigenvalue weighted by molar-refractivity contribution is 0.0696. The zero-order chi connectivity index (χ0) is 14.0. The fourth-order valence-corrected chi connectivity index (χ4v) is 2.52. The second-order valence-electron chi connectivity index (χ2n) is 4.41. The van der Waals surface area contributed by atoms with Crippen LogP contribution in [0.2, 0.25) is 0 Å². The van der Waals surface area contributed by atoms with Crippen molar-refractivity contribution in [2.45, 2.75) is 0 Å². The Hall–Kier alpha value is -1.81. The van der Waals surface area contributed by atoms with Crippen LogP contribution in [0, 0.1) is 0 Å². The van der Waals surface area contributed by atoms with Crippen LogP contribution in [0.15, 0.2) is 46.9 Å². The van der Waals surface area contributed by atoms with Gasteiger partial charge in [-0.15, -0.1) is 0 Å². The van der Waals surface area contributed by atoms with Crippen molar-refractivity contribution in [1.29, 1.82) is 0 Å². The highest BCUT2D eigenvalue weighted by Crippen LogP contribution is 2.32. The SMILES string of the molecule is CN(C)c1ccc(-c2cccc(C(=O)O)c2Br)cc1. The molecule has 0 saturated carbocycles. The van der Waals surface area contributed by atoms with Crippen LogP contribution in [-0.2, 0) is 0 Å². The van der Waals surface area contributed by atoms with Gasteiger partial charge in [-0.1, -0.05) is 24.3 Å². The lowest BCUT2D eigenvalue weighted by Crippen LogP contribution is -2.07. The predicted molar refractivity (Wildman–Crippen MR) is 80.9 cm³/mol. The molecule has 98 valence electrons. The molecule has 2 aromatic carbocycles. The summed E-state index contributed by atoms with van der Waals surface area (Å²) < 4.78 is 0.611. The molecule has 0 aliphatic carbocycles. The standard InChI is InChI=1S/C15H14BrNO2/c1-17(2)11-8-6-10(7-9-11)12-4-3-5-13(14(12)16)15(18)19/h3-9H,1-2H3,(H,18,19). The smallest absolute Gasteiger partial charge is 0.336 e. The summed E-state index contributed by atoms with van der Waals surface area (Å²) in [7, 11) is 3.96. The fraction of sp³-hybridized carbons (Fsp3) is 0.133. The molecule has 0 bridgehead atoms. The van der Waals surface area contributed by atoms with Crippen LogP contribution < -0.4 is 4.90 Å². The fourth-order valence-electron chi connectivity index (χ4n) is 1.86. The maximum atomic E-state index is 11.1. The van der Waals surface area contributed by atoms with E-state index in [4.69, 9.17) is 5.11 Å². The van der Waals surface area contributed by atoms with Crippen LogP contribution in [0.4, 0.5) is 5.69 Å². The second-order valence-corrected chi connectivity index (χ2v) is 5.21. The normalized spacial score (nSPS) is 10.3. The van der Waals surface area contributed by atoms with Crippen LogP contribution in [0.5, 0.6) is 0 Å². The molecular weight excluding hydrogens is 306 g/mol. The van der Waals surface area contributed by atoms with E-state index in [0.717, 1.165) is 16.8 Å². The summed E-state index contributed by atoms with van der Waals surface area (Å²) in [6.07, 6.45) is 0. The molecule has 0 aliphatic rings. The molecule has 0 saturated heterocycles. The van der Waals surface area contributed by atoms with Gasteiger partial charge < -0.3 is 10.0 Å². The van der Waals surface area contributed by atoms with Gasteiger partial charge in [0.25, 0.3) is 0 Å². The molecule has 2 aromatic rings. The summed E-state index contributed by atoms with van der Waals surface area (Å²) >= 11 is 3.37. The minimum atomic E-state index is -0.932. The van der Waals surface area contributed by atoms with Gasteiger partial charge in [-0.3, -0.25) is 0 Å². The molecule has 0 unspecified atom stereocenters. The summed E-state index contributed by atoms with van der Waals surface area (Å²) in [5.41, 5.74) is 3.24. The Morgan fingerprint density at radius 3 is 2.26 bits per heavy atom. The second kappa shape index (κ2) is 5.45. The van der Waals surface area contributed by atoms with Gasteiger partial charge in [0, 0.05) is 24.3 Å². The van der Waals surface area contributed by atoms with Crippen molar-refractivity contribution in [3.63, 3.8) is 0 Å². The molecule has 1 N–H and O–H groups in total. The zero-order valence-corrected chi connectivity index (χ0v) is 12.3. The lowest BCUT2D eigenvalue weighted by atomic mass is 10.0. The largest absolute Gasteiger partial charge is 0.478 e. The number of carbonyl (C=O) groups is 1. The molecule has 2 rings (SSSR count). The monoisotopic (exact) mass is 319 g/mol. The van der Waals surface area contributed by atoms with Crippen LogP contribution in [0.1, 0.15) is 10.4 Å². The average molecular weight is 320 g/mol. The number of halogens is 1. The van der Waals surface area contributed by atoms with E-state index >= 15 is 0 Å². The Kier molecular flexibility index (Phi) is 3.90. The molecular formula is C15H14BrNO2. The van der Waals surface area contributed by atoms with E-state index in [9.17, 15) is 4.79 Å². The summed E-state index contributed by atoms with van der Waals surface area (Å²) in [6, 6.07) is 13.2. The first-order valence-corrected chi connectivity index (χ1v) is 6.59. The number of nitrogens with zero attached hydrogens (tertiary/aromatic N) is 1. The Labute approximate surface area is 120 Å². The molecule has 0 heterocycles. The van der Waals surface area contributed by atoms with Crippen molar-refractivity contribution in [3.8, 4) is 11.1 Å². The molecule has 4 heteroatoms. The van der Waals surface area contributed by atoms with Gasteiger partial charge in [0.05, 0.1) is 5.56 Å². The number of carboxylic acid groups (broad SMARTS) is 1. The zero-order valence-electron chi connectivity index (χ0n) is 10.7. The van der Waals surface area contributed by atoms with Crippen molar-refractivity contribution in [2.24, 2.45) is 0 Å². The molecule has 0 fully saturated rings. The maximum absolute atomic E-state index is 11.1. The maximum Gasteiger partial charge on any atom is 0.336 e.